The van der Waals surface area contributed by atoms with Gasteiger partial charge in [-0.3, -0.25) is 9.59 Å². The van der Waals surface area contributed by atoms with Crippen molar-refractivity contribution in [1.82, 2.24) is 0 Å². The zero-order valence-electron chi connectivity index (χ0n) is 15.7. The molecule has 152 valence electrons. The Morgan fingerprint density at radius 3 is 2.36 bits per heavy atom. The molecule has 0 unspecified atom stereocenters. The summed E-state index contributed by atoms with van der Waals surface area (Å²) in [5.41, 5.74) is -0.346. The van der Waals surface area contributed by atoms with E-state index < -0.39 is 41.0 Å². The lowest BCUT2D eigenvalue weighted by Gasteiger charge is -2.47. The second kappa shape index (κ2) is 6.62. The molecular formula is C20H21F3O5. The number of ketones is 1. The second-order valence-corrected chi connectivity index (χ2v) is 7.96. The number of methoxy groups -OCH3 is 1. The molecular weight excluding hydrogens is 377 g/mol. The van der Waals surface area contributed by atoms with Gasteiger partial charge in [-0.1, -0.05) is 44.2 Å². The second-order valence-electron chi connectivity index (χ2n) is 7.96. The summed E-state index contributed by atoms with van der Waals surface area (Å²) >= 11 is 0. The largest absolute Gasteiger partial charge is 0.469 e. The first-order chi connectivity index (χ1) is 12.9. The standard InChI is InChI=1S/C20H21F3O5/c1-18(2)9-12(24)15-13(10-18)28-19(26,20(21,22)23)16(17(25)27-3)14(15)11-7-5-4-6-8-11/h4-8,14,16,26H,9-10H2,1-3H3/t14-,16-,19+/m1/s1. The summed E-state index contributed by atoms with van der Waals surface area (Å²) in [6, 6.07) is 7.86. The first-order valence-electron chi connectivity index (χ1n) is 8.78. The fourth-order valence-electron chi connectivity index (χ4n) is 4.04. The Morgan fingerprint density at radius 1 is 1.21 bits per heavy atom. The van der Waals surface area contributed by atoms with E-state index in [2.05, 4.69) is 4.74 Å². The number of carbonyl (C=O) groups excluding carboxylic acids is 2. The van der Waals surface area contributed by atoms with Crippen molar-refractivity contribution >= 4 is 11.8 Å². The molecule has 1 N–H and O–H groups in total. The van der Waals surface area contributed by atoms with Gasteiger partial charge in [-0.05, 0) is 11.0 Å². The minimum atomic E-state index is -5.29. The highest BCUT2D eigenvalue weighted by Gasteiger charge is 2.70. The van der Waals surface area contributed by atoms with Crippen molar-refractivity contribution in [1.29, 1.82) is 0 Å². The van der Waals surface area contributed by atoms with E-state index in [4.69, 9.17) is 4.74 Å². The molecule has 0 fully saturated rings. The van der Waals surface area contributed by atoms with Crippen molar-refractivity contribution in [3.63, 3.8) is 0 Å². The van der Waals surface area contributed by atoms with Gasteiger partial charge in [0.25, 0.3) is 0 Å². The van der Waals surface area contributed by atoms with Gasteiger partial charge in [-0.25, -0.2) is 0 Å². The molecule has 3 atom stereocenters. The van der Waals surface area contributed by atoms with Crippen LogP contribution in [0, 0.1) is 11.3 Å². The molecule has 1 aliphatic carbocycles. The molecule has 8 heteroatoms. The number of Topliss-reactive ketones (excluding diaryl/α,β-unsaturated/α-hetero) is 1. The van der Waals surface area contributed by atoms with E-state index >= 15 is 0 Å². The number of ether oxygens (including phenoxy) is 2. The SMILES string of the molecule is COC(=O)[C@H]1[C@H](c2ccccc2)C2=C(CC(C)(C)CC2=O)O[C@]1(O)C(F)(F)F. The van der Waals surface area contributed by atoms with Crippen molar-refractivity contribution in [2.75, 3.05) is 7.11 Å². The van der Waals surface area contributed by atoms with Crippen LogP contribution in [0.2, 0.25) is 0 Å². The highest BCUT2D eigenvalue weighted by molar-refractivity contribution is 6.00. The Bertz CT molecular complexity index is 828. The highest BCUT2D eigenvalue weighted by Crippen LogP contribution is 2.56. The van der Waals surface area contributed by atoms with Gasteiger partial charge in [-0.15, -0.1) is 0 Å². The van der Waals surface area contributed by atoms with Gasteiger partial charge in [0.15, 0.2) is 5.78 Å². The fourth-order valence-corrected chi connectivity index (χ4v) is 4.04. The number of alkyl halides is 3. The minimum Gasteiger partial charge on any atom is -0.469 e. The van der Waals surface area contributed by atoms with Gasteiger partial charge in [0, 0.05) is 24.3 Å². The molecule has 0 aromatic heterocycles. The summed E-state index contributed by atoms with van der Waals surface area (Å²) in [5.74, 6) is -9.27. The number of aliphatic hydroxyl groups is 1. The predicted octanol–water partition coefficient (Wildman–Crippen LogP) is 3.48. The van der Waals surface area contributed by atoms with Crippen molar-refractivity contribution in [3.8, 4) is 0 Å². The fraction of sp³-hybridized carbons (Fsp3) is 0.500. The van der Waals surface area contributed by atoms with Crippen LogP contribution >= 0.6 is 0 Å². The summed E-state index contributed by atoms with van der Waals surface area (Å²) in [4.78, 5) is 25.3. The van der Waals surface area contributed by atoms with Gasteiger partial charge >= 0.3 is 17.9 Å². The molecule has 28 heavy (non-hydrogen) atoms. The first-order valence-corrected chi connectivity index (χ1v) is 8.78. The van der Waals surface area contributed by atoms with Crippen LogP contribution < -0.4 is 0 Å². The van der Waals surface area contributed by atoms with E-state index in [1.807, 2.05) is 0 Å². The van der Waals surface area contributed by atoms with Gasteiger partial charge in [-0.2, -0.15) is 13.2 Å². The third-order valence-corrected chi connectivity index (χ3v) is 5.24. The molecule has 2 aliphatic rings. The van der Waals surface area contributed by atoms with Crippen molar-refractivity contribution < 1.29 is 37.3 Å². The third-order valence-electron chi connectivity index (χ3n) is 5.24. The maximum absolute atomic E-state index is 13.9. The number of hydrogen-bond donors (Lipinski definition) is 1. The number of rotatable bonds is 2. The Morgan fingerprint density at radius 2 is 1.82 bits per heavy atom. The van der Waals surface area contributed by atoms with Crippen LogP contribution in [0.4, 0.5) is 13.2 Å². The maximum Gasteiger partial charge on any atom is 0.456 e. The predicted molar refractivity (Wildman–Crippen MR) is 91.8 cm³/mol. The van der Waals surface area contributed by atoms with E-state index in [9.17, 15) is 27.9 Å². The number of esters is 1. The molecule has 0 saturated heterocycles. The van der Waals surface area contributed by atoms with Crippen LogP contribution in [-0.4, -0.2) is 35.9 Å². The Hall–Kier alpha value is -2.35. The summed E-state index contributed by atoms with van der Waals surface area (Å²) in [6.45, 7) is 3.46. The lowest BCUT2D eigenvalue weighted by atomic mass is 9.66. The highest BCUT2D eigenvalue weighted by atomic mass is 19.4. The molecule has 0 radical (unpaired) electrons. The summed E-state index contributed by atoms with van der Waals surface area (Å²) in [6.07, 6.45) is -5.16. The number of hydrogen-bond acceptors (Lipinski definition) is 5. The van der Waals surface area contributed by atoms with Gasteiger partial charge < -0.3 is 14.6 Å². The van der Waals surface area contributed by atoms with E-state index in [0.717, 1.165) is 7.11 Å². The Balaban J connectivity index is 2.31. The average molecular weight is 398 g/mol. The van der Waals surface area contributed by atoms with Gasteiger partial charge in [0.1, 0.15) is 11.7 Å². The average Bonchev–Trinajstić information content (AvgIpc) is 2.58. The van der Waals surface area contributed by atoms with Crippen LogP contribution in [0.25, 0.3) is 0 Å². The number of carbonyl (C=O) groups is 2. The molecule has 1 aliphatic heterocycles. The molecule has 1 aromatic carbocycles. The molecule has 3 rings (SSSR count). The monoisotopic (exact) mass is 398 g/mol. The van der Waals surface area contributed by atoms with E-state index in [1.165, 1.54) is 12.1 Å². The smallest absolute Gasteiger partial charge is 0.456 e. The zero-order valence-corrected chi connectivity index (χ0v) is 15.7. The van der Waals surface area contributed by atoms with Crippen LogP contribution in [0.1, 0.15) is 38.2 Å². The molecule has 0 amide bonds. The third kappa shape index (κ3) is 3.19. The molecule has 1 aromatic rings. The van der Waals surface area contributed by atoms with Crippen LogP contribution in [-0.2, 0) is 19.1 Å². The molecule has 1 heterocycles. The minimum absolute atomic E-state index is 0.00477. The van der Waals surface area contributed by atoms with E-state index in [-0.39, 0.29) is 24.2 Å². The van der Waals surface area contributed by atoms with E-state index in [1.54, 1.807) is 32.0 Å². The number of allylic oxidation sites excluding steroid dienone is 2. The lowest BCUT2D eigenvalue weighted by Crippen LogP contribution is -2.61. The van der Waals surface area contributed by atoms with Crippen LogP contribution in [0.5, 0.6) is 0 Å². The number of halogens is 3. The molecule has 5 nitrogen and oxygen atoms in total. The normalized spacial score (nSPS) is 29.8. The van der Waals surface area contributed by atoms with Crippen LogP contribution in [0.3, 0.4) is 0 Å². The summed E-state index contributed by atoms with van der Waals surface area (Å²) in [5, 5.41) is 10.6. The summed E-state index contributed by atoms with van der Waals surface area (Å²) < 4.78 is 51.4. The quantitative estimate of drug-likeness (QED) is 0.773. The topological polar surface area (TPSA) is 72.8 Å². The Kier molecular flexibility index (Phi) is 4.82. The van der Waals surface area contributed by atoms with Crippen molar-refractivity contribution in [3.05, 3.63) is 47.2 Å². The van der Waals surface area contributed by atoms with Crippen molar-refractivity contribution in [2.24, 2.45) is 11.3 Å². The molecule has 0 spiro atoms. The maximum atomic E-state index is 13.9. The van der Waals surface area contributed by atoms with Gasteiger partial charge in [0.05, 0.1) is 7.11 Å². The van der Waals surface area contributed by atoms with E-state index in [0.29, 0.717) is 5.56 Å². The number of benzene rings is 1. The van der Waals surface area contributed by atoms with Crippen LogP contribution in [0.15, 0.2) is 41.7 Å². The molecule has 0 saturated carbocycles. The first kappa shape index (κ1) is 20.4. The Labute approximate surface area is 160 Å². The lowest BCUT2D eigenvalue weighted by molar-refractivity contribution is -0.378. The van der Waals surface area contributed by atoms with Gasteiger partial charge in [0.2, 0.25) is 0 Å². The zero-order chi connectivity index (χ0) is 20.9. The molecule has 0 bridgehead atoms. The summed E-state index contributed by atoms with van der Waals surface area (Å²) in [7, 11) is 0.927. The van der Waals surface area contributed by atoms with Crippen molar-refractivity contribution in [2.45, 2.75) is 44.6 Å².